The summed E-state index contributed by atoms with van der Waals surface area (Å²) in [5, 5.41) is 14.7. The number of hydrogen-bond donors (Lipinski definition) is 2. The van der Waals surface area contributed by atoms with E-state index in [1.54, 1.807) is 0 Å². The molecule has 2 aromatic heterocycles. The fraction of sp³-hybridized carbons (Fsp3) is 0.643. The molecule has 1 amide bonds. The summed E-state index contributed by atoms with van der Waals surface area (Å²) in [7, 11) is 0. The average molecular weight is 335 g/mol. The quantitative estimate of drug-likeness (QED) is 0.798. The van der Waals surface area contributed by atoms with Crippen LogP contribution in [-0.2, 0) is 11.2 Å². The molecule has 1 fully saturated rings. The lowest BCUT2D eigenvalue weighted by atomic mass is 9.97. The molecule has 0 radical (unpaired) electrons. The lowest BCUT2D eigenvalue weighted by molar-refractivity contribution is -0.129. The number of amides is 1. The summed E-state index contributed by atoms with van der Waals surface area (Å²) in [6.45, 7) is 5.39. The van der Waals surface area contributed by atoms with E-state index in [2.05, 4.69) is 30.4 Å². The highest BCUT2D eigenvalue weighted by Crippen LogP contribution is 2.25. The molecule has 3 heterocycles. The van der Waals surface area contributed by atoms with E-state index in [9.17, 15) is 4.79 Å². The predicted molar refractivity (Wildman–Crippen MR) is 86.2 cm³/mol. The third kappa shape index (κ3) is 3.90. The number of nitrogens with one attached hydrogen (secondary N) is 2. The minimum Gasteiger partial charge on any atom is -0.341 e. The first-order valence-corrected chi connectivity index (χ1v) is 8.85. The van der Waals surface area contributed by atoms with Crippen molar-refractivity contribution < 1.29 is 4.79 Å². The molecule has 0 aromatic carbocycles. The van der Waals surface area contributed by atoms with Gasteiger partial charge in [0.1, 0.15) is 11.6 Å². The Kier molecular flexibility index (Phi) is 4.94. The maximum atomic E-state index is 12.4. The second-order valence-electron chi connectivity index (χ2n) is 5.66. The molecule has 3 rings (SSSR count). The summed E-state index contributed by atoms with van der Waals surface area (Å²) < 4.78 is 0. The van der Waals surface area contributed by atoms with E-state index in [0.717, 1.165) is 43.3 Å². The highest BCUT2D eigenvalue weighted by atomic mass is 32.2. The number of piperidine rings is 1. The van der Waals surface area contributed by atoms with Crippen LogP contribution in [0.4, 0.5) is 0 Å². The topological polar surface area (TPSA) is 103 Å². The third-order valence-electron chi connectivity index (χ3n) is 3.92. The van der Waals surface area contributed by atoms with Crippen LogP contribution in [0.2, 0.25) is 0 Å². The number of thioether (sulfide) groups is 1. The Labute approximate surface area is 138 Å². The number of nitrogens with zero attached hydrogens (tertiary/aromatic N) is 5. The maximum absolute atomic E-state index is 12.4. The van der Waals surface area contributed by atoms with E-state index < -0.39 is 0 Å². The summed E-state index contributed by atoms with van der Waals surface area (Å²) in [4.78, 5) is 23.0. The summed E-state index contributed by atoms with van der Waals surface area (Å²) in [5.41, 5.74) is 0. The number of carbonyl (C=O) groups is 1. The lowest BCUT2D eigenvalue weighted by Gasteiger charge is -2.31. The number of aromatic amines is 2. The second kappa shape index (κ2) is 7.12. The van der Waals surface area contributed by atoms with Gasteiger partial charge in [-0.3, -0.25) is 15.0 Å². The summed E-state index contributed by atoms with van der Waals surface area (Å²) in [6, 6.07) is 0. The first-order chi connectivity index (χ1) is 11.2. The molecule has 1 aliphatic rings. The Morgan fingerprint density at radius 2 is 2.22 bits per heavy atom. The van der Waals surface area contributed by atoms with Crippen LogP contribution in [0.25, 0.3) is 0 Å². The van der Waals surface area contributed by atoms with Gasteiger partial charge in [0.2, 0.25) is 11.1 Å². The molecule has 2 N–H and O–H groups in total. The van der Waals surface area contributed by atoms with Gasteiger partial charge in [-0.25, -0.2) is 9.97 Å². The Bertz CT molecular complexity index is 668. The van der Waals surface area contributed by atoms with Crippen molar-refractivity contribution in [1.29, 1.82) is 0 Å². The standard InChI is InChI=1S/C14H21N7OS/c1-3-11-16-14(20-18-11)23-8-12(22)21-6-4-5-10(7-21)13-15-9(2)17-19-13/h10H,3-8H2,1-2H3,(H,15,17,19)(H,16,18,20)/t10-/m1/s1. The minimum atomic E-state index is 0.120. The zero-order chi connectivity index (χ0) is 16.2. The number of hydrogen-bond acceptors (Lipinski definition) is 6. The molecule has 0 saturated carbocycles. The van der Waals surface area contributed by atoms with Gasteiger partial charge < -0.3 is 4.90 Å². The zero-order valence-corrected chi connectivity index (χ0v) is 14.2. The van der Waals surface area contributed by atoms with Crippen molar-refractivity contribution in [3.8, 4) is 0 Å². The molecular weight excluding hydrogens is 314 g/mol. The van der Waals surface area contributed by atoms with Gasteiger partial charge in [-0.05, 0) is 19.8 Å². The van der Waals surface area contributed by atoms with Crippen LogP contribution in [0.3, 0.4) is 0 Å². The van der Waals surface area contributed by atoms with E-state index in [-0.39, 0.29) is 11.8 Å². The van der Waals surface area contributed by atoms with Crippen LogP contribution >= 0.6 is 11.8 Å². The Hall–Kier alpha value is -1.90. The maximum Gasteiger partial charge on any atom is 0.233 e. The first-order valence-electron chi connectivity index (χ1n) is 7.86. The highest BCUT2D eigenvalue weighted by molar-refractivity contribution is 7.99. The molecule has 0 aliphatic carbocycles. The van der Waals surface area contributed by atoms with E-state index >= 15 is 0 Å². The largest absolute Gasteiger partial charge is 0.341 e. The van der Waals surface area contributed by atoms with Gasteiger partial charge in [0.15, 0.2) is 5.82 Å². The third-order valence-corrected chi connectivity index (χ3v) is 4.76. The molecule has 0 unspecified atom stereocenters. The van der Waals surface area contributed by atoms with Crippen molar-refractivity contribution in [2.45, 2.75) is 44.2 Å². The van der Waals surface area contributed by atoms with E-state index in [4.69, 9.17) is 0 Å². The minimum absolute atomic E-state index is 0.120. The molecule has 8 nitrogen and oxygen atoms in total. The number of aromatic nitrogens is 6. The second-order valence-corrected chi connectivity index (χ2v) is 6.61. The van der Waals surface area contributed by atoms with Crippen molar-refractivity contribution in [1.82, 2.24) is 35.3 Å². The van der Waals surface area contributed by atoms with Gasteiger partial charge in [0.05, 0.1) is 5.75 Å². The van der Waals surface area contributed by atoms with Crippen molar-refractivity contribution >= 4 is 17.7 Å². The molecule has 1 saturated heterocycles. The van der Waals surface area contributed by atoms with Crippen molar-refractivity contribution in [3.63, 3.8) is 0 Å². The van der Waals surface area contributed by atoms with Crippen LogP contribution in [0.1, 0.15) is 43.2 Å². The number of carbonyl (C=O) groups excluding carboxylic acids is 1. The molecule has 0 bridgehead atoms. The normalized spacial score (nSPS) is 18.3. The van der Waals surface area contributed by atoms with Crippen LogP contribution in [0, 0.1) is 6.92 Å². The van der Waals surface area contributed by atoms with Crippen LogP contribution in [-0.4, -0.2) is 60.0 Å². The fourth-order valence-corrected chi connectivity index (χ4v) is 3.40. The molecule has 0 spiro atoms. The van der Waals surface area contributed by atoms with E-state index in [1.165, 1.54) is 11.8 Å². The van der Waals surface area contributed by atoms with Crippen LogP contribution < -0.4 is 0 Å². The average Bonchev–Trinajstić information content (AvgIpc) is 3.21. The Morgan fingerprint density at radius 3 is 2.91 bits per heavy atom. The van der Waals surface area contributed by atoms with Crippen LogP contribution in [0.5, 0.6) is 0 Å². The fourth-order valence-electron chi connectivity index (χ4n) is 2.68. The van der Waals surface area contributed by atoms with Gasteiger partial charge in [-0.2, -0.15) is 5.10 Å². The monoisotopic (exact) mass is 335 g/mol. The highest BCUT2D eigenvalue weighted by Gasteiger charge is 2.27. The SMILES string of the molecule is CCc1nc(SCC(=O)N2CCC[C@@H](c3n[nH]c(C)n3)C2)n[nH]1. The molecule has 1 atom stereocenters. The predicted octanol–water partition coefficient (Wildman–Crippen LogP) is 1.29. The number of aryl methyl sites for hydroxylation is 2. The molecule has 124 valence electrons. The van der Waals surface area contributed by atoms with Gasteiger partial charge in [-0.1, -0.05) is 18.7 Å². The lowest BCUT2D eigenvalue weighted by Crippen LogP contribution is -2.40. The Morgan fingerprint density at radius 1 is 1.35 bits per heavy atom. The number of rotatable bonds is 5. The molecular formula is C14H21N7OS. The van der Waals surface area contributed by atoms with E-state index in [1.807, 2.05) is 18.7 Å². The van der Waals surface area contributed by atoms with E-state index in [0.29, 0.717) is 17.5 Å². The van der Waals surface area contributed by atoms with Crippen molar-refractivity contribution in [2.24, 2.45) is 0 Å². The number of H-pyrrole nitrogens is 2. The zero-order valence-electron chi connectivity index (χ0n) is 13.4. The smallest absolute Gasteiger partial charge is 0.233 e. The molecule has 2 aromatic rings. The molecule has 9 heteroatoms. The number of likely N-dealkylation sites (tertiary alicyclic amines) is 1. The molecule has 23 heavy (non-hydrogen) atoms. The van der Waals surface area contributed by atoms with Gasteiger partial charge >= 0.3 is 0 Å². The summed E-state index contributed by atoms with van der Waals surface area (Å²) in [5.74, 6) is 3.18. The van der Waals surface area contributed by atoms with Gasteiger partial charge in [0, 0.05) is 25.4 Å². The van der Waals surface area contributed by atoms with Crippen molar-refractivity contribution in [2.75, 3.05) is 18.8 Å². The first kappa shape index (κ1) is 16.0. The molecule has 1 aliphatic heterocycles. The Balaban J connectivity index is 1.54. The van der Waals surface area contributed by atoms with Gasteiger partial charge in [0.25, 0.3) is 0 Å². The summed E-state index contributed by atoms with van der Waals surface area (Å²) in [6.07, 6.45) is 2.82. The summed E-state index contributed by atoms with van der Waals surface area (Å²) >= 11 is 1.38. The van der Waals surface area contributed by atoms with Crippen LogP contribution in [0.15, 0.2) is 5.16 Å². The van der Waals surface area contributed by atoms with Gasteiger partial charge in [-0.15, -0.1) is 5.10 Å². The van der Waals surface area contributed by atoms with Crippen molar-refractivity contribution in [3.05, 3.63) is 17.5 Å².